The molecule has 1 spiro atoms. The fourth-order valence-electron chi connectivity index (χ4n) is 9.84. The van der Waals surface area contributed by atoms with Gasteiger partial charge in [-0.3, -0.25) is 5.32 Å². The lowest BCUT2D eigenvalue weighted by Crippen LogP contribution is -2.57. The summed E-state index contributed by atoms with van der Waals surface area (Å²) in [5.41, 5.74) is 2.33. The first kappa shape index (κ1) is 20.2. The Morgan fingerprint density at radius 3 is 2.67 bits per heavy atom. The van der Waals surface area contributed by atoms with Gasteiger partial charge in [-0.2, -0.15) is 0 Å². The molecule has 4 aliphatic carbocycles. The molecule has 3 heteroatoms. The minimum absolute atomic E-state index is 0.0439. The number of fused-ring (bicyclic) bond motifs is 7. The van der Waals surface area contributed by atoms with Gasteiger partial charge in [0, 0.05) is 12.5 Å². The van der Waals surface area contributed by atoms with Gasteiger partial charge < -0.3 is 9.84 Å². The van der Waals surface area contributed by atoms with E-state index in [2.05, 4.69) is 39.1 Å². The second-order valence-electron chi connectivity index (χ2n) is 12.8. The van der Waals surface area contributed by atoms with Gasteiger partial charge in [0.1, 0.15) is 5.72 Å². The summed E-state index contributed by atoms with van der Waals surface area (Å²) in [4.78, 5) is 0. The van der Waals surface area contributed by atoms with Crippen LogP contribution < -0.4 is 5.32 Å². The third-order valence-electron chi connectivity index (χ3n) is 11.6. The fourth-order valence-corrected chi connectivity index (χ4v) is 9.84. The van der Waals surface area contributed by atoms with Gasteiger partial charge in [-0.15, -0.1) is 0 Å². The standard InChI is InChI=1S/C27H43NO2/c1-16-7-12-27(28-15-16)17(2)24-23(30-27)14-22-20-6-5-18-13-19(29)8-10-25(18,3)21(20)9-11-26(22,24)4/h5,16-17,19-24,28-29H,6-15H2,1-4H3/t16-,17-,19+,20-,21+,22+,23+,24+,25+,26+,27+/m1/s1. The molecule has 11 atom stereocenters. The van der Waals surface area contributed by atoms with Crippen LogP contribution in [0.1, 0.15) is 85.5 Å². The molecule has 3 nitrogen and oxygen atoms in total. The van der Waals surface area contributed by atoms with Crippen molar-refractivity contribution in [2.45, 2.75) is 103 Å². The summed E-state index contributed by atoms with van der Waals surface area (Å²) >= 11 is 0. The summed E-state index contributed by atoms with van der Waals surface area (Å²) in [5.74, 6) is 4.58. The zero-order valence-electron chi connectivity index (χ0n) is 19.6. The van der Waals surface area contributed by atoms with Gasteiger partial charge in [-0.1, -0.05) is 39.3 Å². The van der Waals surface area contributed by atoms with E-state index in [1.165, 1.54) is 44.9 Å². The van der Waals surface area contributed by atoms with Crippen molar-refractivity contribution >= 4 is 0 Å². The van der Waals surface area contributed by atoms with Crippen LogP contribution in [0.4, 0.5) is 0 Å². The number of aliphatic hydroxyl groups is 1. The largest absolute Gasteiger partial charge is 0.393 e. The number of hydrogen-bond acceptors (Lipinski definition) is 3. The average Bonchev–Trinajstić information content (AvgIpc) is 3.16. The number of piperidine rings is 1. The highest BCUT2D eigenvalue weighted by Crippen LogP contribution is 2.70. The molecule has 6 rings (SSSR count). The third kappa shape index (κ3) is 2.55. The zero-order chi connectivity index (χ0) is 20.9. The lowest BCUT2D eigenvalue weighted by atomic mass is 9.47. The Labute approximate surface area is 183 Å². The first-order chi connectivity index (χ1) is 14.3. The highest BCUT2D eigenvalue weighted by Gasteiger charge is 2.68. The zero-order valence-corrected chi connectivity index (χ0v) is 19.6. The molecule has 2 aliphatic heterocycles. The number of hydrogen-bond donors (Lipinski definition) is 2. The number of nitrogens with one attached hydrogen (secondary N) is 1. The maximum absolute atomic E-state index is 10.3. The van der Waals surface area contributed by atoms with E-state index in [-0.39, 0.29) is 11.8 Å². The number of ether oxygens (including phenoxy) is 1. The molecule has 0 amide bonds. The van der Waals surface area contributed by atoms with Crippen LogP contribution in [0.3, 0.4) is 0 Å². The van der Waals surface area contributed by atoms with E-state index in [0.717, 1.165) is 49.0 Å². The highest BCUT2D eigenvalue weighted by molar-refractivity contribution is 5.26. The van der Waals surface area contributed by atoms with Crippen molar-refractivity contribution in [3.05, 3.63) is 11.6 Å². The van der Waals surface area contributed by atoms with Crippen molar-refractivity contribution in [1.82, 2.24) is 5.32 Å². The molecule has 0 unspecified atom stereocenters. The Bertz CT molecular complexity index is 739. The van der Waals surface area contributed by atoms with E-state index in [1.54, 1.807) is 5.57 Å². The SMILES string of the molecule is C[C@@H]1CC[C@]2(NC1)O[C@H]1C[C@H]3[C@@H]4CC=C5C[C@@H](O)CC[C@]5(C)[C@H]4CC[C@]3(C)[C@H]1[C@H]2C. The lowest BCUT2D eigenvalue weighted by molar-refractivity contribution is -0.115. The van der Waals surface area contributed by atoms with E-state index in [1.807, 2.05) is 0 Å². The Kier molecular flexibility index (Phi) is 4.44. The second-order valence-corrected chi connectivity index (χ2v) is 12.8. The summed E-state index contributed by atoms with van der Waals surface area (Å²) in [7, 11) is 0. The molecule has 5 fully saturated rings. The number of rotatable bonds is 0. The monoisotopic (exact) mass is 413 g/mol. The maximum atomic E-state index is 10.3. The summed E-state index contributed by atoms with van der Waals surface area (Å²) in [6.07, 6.45) is 13.8. The van der Waals surface area contributed by atoms with Gasteiger partial charge in [-0.25, -0.2) is 0 Å². The minimum Gasteiger partial charge on any atom is -0.393 e. The first-order valence-corrected chi connectivity index (χ1v) is 13.1. The number of aliphatic hydroxyl groups excluding tert-OH is 1. The van der Waals surface area contributed by atoms with Gasteiger partial charge in [0.2, 0.25) is 0 Å². The molecule has 2 saturated heterocycles. The summed E-state index contributed by atoms with van der Waals surface area (Å²) < 4.78 is 7.00. The van der Waals surface area contributed by atoms with Gasteiger partial charge in [0.05, 0.1) is 12.2 Å². The summed E-state index contributed by atoms with van der Waals surface area (Å²) in [6, 6.07) is 0. The van der Waals surface area contributed by atoms with Crippen LogP contribution >= 0.6 is 0 Å². The number of allylic oxidation sites excluding steroid dienone is 1. The van der Waals surface area contributed by atoms with E-state index in [9.17, 15) is 5.11 Å². The molecule has 0 aromatic rings. The van der Waals surface area contributed by atoms with Crippen molar-refractivity contribution in [3.8, 4) is 0 Å². The molecule has 0 aromatic carbocycles. The minimum atomic E-state index is -0.100. The van der Waals surface area contributed by atoms with Crippen molar-refractivity contribution in [3.63, 3.8) is 0 Å². The van der Waals surface area contributed by atoms with E-state index < -0.39 is 0 Å². The molecule has 2 heterocycles. The summed E-state index contributed by atoms with van der Waals surface area (Å²) in [6.45, 7) is 11.2. The van der Waals surface area contributed by atoms with Gasteiger partial charge in [0.25, 0.3) is 0 Å². The normalized spacial score (nSPS) is 59.8. The van der Waals surface area contributed by atoms with E-state index in [0.29, 0.717) is 22.9 Å². The van der Waals surface area contributed by atoms with Crippen molar-refractivity contribution in [1.29, 1.82) is 0 Å². The maximum Gasteiger partial charge on any atom is 0.122 e. The summed E-state index contributed by atoms with van der Waals surface area (Å²) in [5, 5.41) is 14.1. The predicted molar refractivity (Wildman–Crippen MR) is 120 cm³/mol. The highest BCUT2D eigenvalue weighted by atomic mass is 16.5. The lowest BCUT2D eigenvalue weighted by Gasteiger charge is -2.58. The van der Waals surface area contributed by atoms with Crippen molar-refractivity contribution in [2.24, 2.45) is 46.3 Å². The quantitative estimate of drug-likeness (QED) is 0.530. The fraction of sp³-hybridized carbons (Fsp3) is 0.926. The molecule has 30 heavy (non-hydrogen) atoms. The Hall–Kier alpha value is -0.380. The van der Waals surface area contributed by atoms with Gasteiger partial charge >= 0.3 is 0 Å². The van der Waals surface area contributed by atoms with Crippen LogP contribution in [-0.2, 0) is 4.74 Å². The molecule has 6 aliphatic rings. The topological polar surface area (TPSA) is 41.5 Å². The van der Waals surface area contributed by atoms with Crippen molar-refractivity contribution in [2.75, 3.05) is 6.54 Å². The third-order valence-corrected chi connectivity index (χ3v) is 11.6. The molecule has 3 saturated carbocycles. The first-order valence-electron chi connectivity index (χ1n) is 13.1. The van der Waals surface area contributed by atoms with Crippen LogP contribution in [0.25, 0.3) is 0 Å². The Balaban J connectivity index is 1.28. The van der Waals surface area contributed by atoms with Crippen LogP contribution in [-0.4, -0.2) is 29.6 Å². The van der Waals surface area contributed by atoms with E-state index in [4.69, 9.17) is 4.74 Å². The average molecular weight is 414 g/mol. The van der Waals surface area contributed by atoms with Crippen LogP contribution in [0.15, 0.2) is 11.6 Å². The van der Waals surface area contributed by atoms with Gasteiger partial charge in [-0.05, 0) is 98.2 Å². The molecule has 168 valence electrons. The Morgan fingerprint density at radius 2 is 1.90 bits per heavy atom. The van der Waals surface area contributed by atoms with Crippen LogP contribution in [0.5, 0.6) is 0 Å². The van der Waals surface area contributed by atoms with Crippen molar-refractivity contribution < 1.29 is 9.84 Å². The second kappa shape index (κ2) is 6.58. The van der Waals surface area contributed by atoms with E-state index >= 15 is 0 Å². The molecule has 0 radical (unpaired) electrons. The predicted octanol–water partition coefficient (Wildman–Crippen LogP) is 5.29. The van der Waals surface area contributed by atoms with Gasteiger partial charge in [0.15, 0.2) is 0 Å². The van der Waals surface area contributed by atoms with Crippen LogP contribution in [0, 0.1) is 46.3 Å². The van der Waals surface area contributed by atoms with Crippen LogP contribution in [0.2, 0.25) is 0 Å². The Morgan fingerprint density at radius 1 is 1.07 bits per heavy atom. The molecular weight excluding hydrogens is 370 g/mol. The molecule has 2 N–H and O–H groups in total. The molecular formula is C27H43NO2. The molecule has 0 aromatic heterocycles. The molecule has 0 bridgehead atoms. The smallest absolute Gasteiger partial charge is 0.122 e.